The Morgan fingerprint density at radius 2 is 2.16 bits per heavy atom. The van der Waals surface area contributed by atoms with E-state index >= 15 is 0 Å². The van der Waals surface area contributed by atoms with Gasteiger partial charge in [-0.2, -0.15) is 0 Å². The molecule has 0 spiro atoms. The number of aromatic nitrogens is 1. The number of carbonyl (C=O) groups is 1. The molecule has 0 aliphatic rings. The van der Waals surface area contributed by atoms with Crippen LogP contribution in [0.5, 0.6) is 5.75 Å². The lowest BCUT2D eigenvalue weighted by atomic mass is 10.2. The number of benzene rings is 1. The van der Waals surface area contributed by atoms with Crippen molar-refractivity contribution >= 4 is 21.9 Å². The van der Waals surface area contributed by atoms with Gasteiger partial charge < -0.3 is 9.84 Å². The molecule has 1 N–H and O–H groups in total. The number of aromatic carboxylic acids is 1. The van der Waals surface area contributed by atoms with E-state index in [1.807, 2.05) is 0 Å². The molecule has 0 fully saturated rings. The van der Waals surface area contributed by atoms with E-state index in [9.17, 15) is 9.18 Å². The standard InChI is InChI=1S/C13H9BrFNO3/c14-11-4-9(13(17)18)1-2-12(11)19-7-8-3-10(15)6-16-5-8/h1-6H,7H2,(H,17,18). The summed E-state index contributed by atoms with van der Waals surface area (Å²) in [5.74, 6) is -0.961. The quantitative estimate of drug-likeness (QED) is 0.937. The van der Waals surface area contributed by atoms with Gasteiger partial charge in [-0.15, -0.1) is 0 Å². The maximum Gasteiger partial charge on any atom is 0.335 e. The van der Waals surface area contributed by atoms with Crippen molar-refractivity contribution in [3.63, 3.8) is 0 Å². The van der Waals surface area contributed by atoms with Crippen molar-refractivity contribution in [2.75, 3.05) is 0 Å². The maximum atomic E-state index is 12.9. The fourth-order valence-corrected chi connectivity index (χ4v) is 1.94. The van der Waals surface area contributed by atoms with Gasteiger partial charge >= 0.3 is 5.97 Å². The summed E-state index contributed by atoms with van der Waals surface area (Å²) in [6, 6.07) is 5.75. The van der Waals surface area contributed by atoms with Crippen molar-refractivity contribution in [3.05, 3.63) is 58.1 Å². The van der Waals surface area contributed by atoms with Gasteiger partial charge in [0.25, 0.3) is 0 Å². The first-order valence-corrected chi connectivity index (χ1v) is 6.10. The number of carboxylic acid groups (broad SMARTS) is 1. The molecule has 0 atom stereocenters. The first kappa shape index (κ1) is 13.5. The minimum Gasteiger partial charge on any atom is -0.488 e. The zero-order valence-electron chi connectivity index (χ0n) is 9.64. The number of hydrogen-bond donors (Lipinski definition) is 1. The highest BCUT2D eigenvalue weighted by molar-refractivity contribution is 9.10. The number of carboxylic acids is 1. The summed E-state index contributed by atoms with van der Waals surface area (Å²) in [5.41, 5.74) is 0.751. The van der Waals surface area contributed by atoms with Crippen molar-refractivity contribution in [2.24, 2.45) is 0 Å². The molecule has 0 amide bonds. The Hall–Kier alpha value is -1.95. The molecule has 0 aliphatic heterocycles. The summed E-state index contributed by atoms with van der Waals surface area (Å²) < 4.78 is 18.9. The number of nitrogens with zero attached hydrogens (tertiary/aromatic N) is 1. The molecule has 98 valence electrons. The highest BCUT2D eigenvalue weighted by Crippen LogP contribution is 2.26. The smallest absolute Gasteiger partial charge is 0.335 e. The summed E-state index contributed by atoms with van der Waals surface area (Å²) >= 11 is 3.23. The minimum absolute atomic E-state index is 0.149. The van der Waals surface area contributed by atoms with Gasteiger partial charge in [0.05, 0.1) is 16.2 Å². The van der Waals surface area contributed by atoms with Gasteiger partial charge in [-0.1, -0.05) is 0 Å². The zero-order chi connectivity index (χ0) is 13.8. The van der Waals surface area contributed by atoms with Crippen LogP contribution in [0.15, 0.2) is 41.1 Å². The molecular formula is C13H9BrFNO3. The number of pyridine rings is 1. The van der Waals surface area contributed by atoms with E-state index in [2.05, 4.69) is 20.9 Å². The molecule has 1 aromatic heterocycles. The average molecular weight is 326 g/mol. The highest BCUT2D eigenvalue weighted by atomic mass is 79.9. The van der Waals surface area contributed by atoms with Crippen LogP contribution in [0.25, 0.3) is 0 Å². The Bertz CT molecular complexity index is 619. The van der Waals surface area contributed by atoms with Crippen LogP contribution < -0.4 is 4.74 Å². The van der Waals surface area contributed by atoms with Gasteiger partial charge in [-0.25, -0.2) is 9.18 Å². The van der Waals surface area contributed by atoms with Crippen LogP contribution in [0.4, 0.5) is 4.39 Å². The molecule has 0 unspecified atom stereocenters. The molecule has 19 heavy (non-hydrogen) atoms. The fourth-order valence-electron chi connectivity index (χ4n) is 1.45. The van der Waals surface area contributed by atoms with Gasteiger partial charge in [-0.05, 0) is 40.2 Å². The Labute approximate surface area is 117 Å². The Kier molecular flexibility index (Phi) is 4.11. The van der Waals surface area contributed by atoms with Crippen molar-refractivity contribution in [1.82, 2.24) is 4.98 Å². The molecule has 1 aromatic carbocycles. The normalized spacial score (nSPS) is 10.2. The predicted molar refractivity (Wildman–Crippen MR) is 69.6 cm³/mol. The highest BCUT2D eigenvalue weighted by Gasteiger charge is 2.08. The lowest BCUT2D eigenvalue weighted by molar-refractivity contribution is 0.0696. The van der Waals surface area contributed by atoms with Crippen molar-refractivity contribution in [2.45, 2.75) is 6.61 Å². The third-order valence-electron chi connectivity index (χ3n) is 2.33. The van der Waals surface area contributed by atoms with Crippen LogP contribution in [0.1, 0.15) is 15.9 Å². The molecule has 0 bridgehead atoms. The molecule has 4 nitrogen and oxygen atoms in total. The van der Waals surface area contributed by atoms with Gasteiger partial charge in [0.15, 0.2) is 0 Å². The lowest BCUT2D eigenvalue weighted by Gasteiger charge is -2.08. The van der Waals surface area contributed by atoms with E-state index in [0.717, 1.165) is 6.20 Å². The number of hydrogen-bond acceptors (Lipinski definition) is 3. The van der Waals surface area contributed by atoms with Crippen LogP contribution in [0, 0.1) is 5.82 Å². The van der Waals surface area contributed by atoms with Crippen molar-refractivity contribution in [1.29, 1.82) is 0 Å². The minimum atomic E-state index is -1.01. The third kappa shape index (κ3) is 3.51. The second kappa shape index (κ2) is 5.79. The largest absolute Gasteiger partial charge is 0.488 e. The molecule has 1 heterocycles. The second-order valence-electron chi connectivity index (χ2n) is 3.75. The third-order valence-corrected chi connectivity index (χ3v) is 2.95. The van der Waals surface area contributed by atoms with E-state index in [1.54, 1.807) is 6.07 Å². The lowest BCUT2D eigenvalue weighted by Crippen LogP contribution is -2.00. The van der Waals surface area contributed by atoms with E-state index in [-0.39, 0.29) is 12.2 Å². The van der Waals surface area contributed by atoms with E-state index in [1.165, 1.54) is 24.4 Å². The van der Waals surface area contributed by atoms with Crippen LogP contribution in [-0.4, -0.2) is 16.1 Å². The SMILES string of the molecule is O=C(O)c1ccc(OCc2cncc(F)c2)c(Br)c1. The summed E-state index contributed by atoms with van der Waals surface area (Å²) in [5, 5.41) is 8.83. The van der Waals surface area contributed by atoms with Gasteiger partial charge in [-0.3, -0.25) is 4.98 Å². The topological polar surface area (TPSA) is 59.4 Å². The van der Waals surface area contributed by atoms with Crippen molar-refractivity contribution in [3.8, 4) is 5.75 Å². The second-order valence-corrected chi connectivity index (χ2v) is 4.60. The number of halogens is 2. The summed E-state index contributed by atoms with van der Waals surface area (Å²) in [7, 11) is 0. The molecule has 0 saturated heterocycles. The molecule has 0 saturated carbocycles. The molecule has 0 aliphatic carbocycles. The monoisotopic (exact) mass is 325 g/mol. The zero-order valence-corrected chi connectivity index (χ0v) is 11.2. The van der Waals surface area contributed by atoms with Crippen LogP contribution >= 0.6 is 15.9 Å². The van der Waals surface area contributed by atoms with Crippen LogP contribution in [0.3, 0.4) is 0 Å². The number of rotatable bonds is 4. The molecule has 0 radical (unpaired) electrons. The summed E-state index contributed by atoms with van der Waals surface area (Å²) in [6.07, 6.45) is 2.61. The maximum absolute atomic E-state index is 12.9. The first-order chi connectivity index (χ1) is 9.06. The van der Waals surface area contributed by atoms with Crippen molar-refractivity contribution < 1.29 is 19.0 Å². The van der Waals surface area contributed by atoms with Gasteiger partial charge in [0.2, 0.25) is 0 Å². The average Bonchev–Trinajstić information content (AvgIpc) is 2.37. The van der Waals surface area contributed by atoms with Crippen LogP contribution in [0.2, 0.25) is 0 Å². The van der Waals surface area contributed by atoms with E-state index < -0.39 is 11.8 Å². The number of ether oxygens (including phenoxy) is 1. The fraction of sp³-hybridized carbons (Fsp3) is 0.0769. The van der Waals surface area contributed by atoms with Crippen LogP contribution in [-0.2, 0) is 6.61 Å². The molecular weight excluding hydrogens is 317 g/mol. The summed E-state index contributed by atoms with van der Waals surface area (Å²) in [4.78, 5) is 14.5. The molecule has 6 heteroatoms. The molecule has 2 aromatic rings. The molecule has 2 rings (SSSR count). The van der Waals surface area contributed by atoms with Gasteiger partial charge in [0.1, 0.15) is 18.2 Å². The van der Waals surface area contributed by atoms with E-state index in [0.29, 0.717) is 15.8 Å². The summed E-state index contributed by atoms with van der Waals surface area (Å²) in [6.45, 7) is 0.149. The first-order valence-electron chi connectivity index (χ1n) is 5.31. The Morgan fingerprint density at radius 3 is 2.79 bits per heavy atom. The Morgan fingerprint density at radius 1 is 1.37 bits per heavy atom. The van der Waals surface area contributed by atoms with E-state index in [4.69, 9.17) is 9.84 Å². The van der Waals surface area contributed by atoms with Gasteiger partial charge in [0, 0.05) is 11.8 Å². The Balaban J connectivity index is 2.10. The predicted octanol–water partition coefficient (Wildman–Crippen LogP) is 3.26.